The monoisotopic (exact) mass is 430 g/mol. The van der Waals surface area contributed by atoms with E-state index in [1.54, 1.807) is 12.1 Å². The van der Waals surface area contributed by atoms with E-state index in [1.165, 1.54) is 50.2 Å². The number of benzene rings is 3. The molecule has 3 aromatic rings. The van der Waals surface area contributed by atoms with Crippen molar-refractivity contribution in [3.63, 3.8) is 0 Å². The fourth-order valence-corrected chi connectivity index (χ4v) is 4.84. The first-order valence-corrected chi connectivity index (χ1v) is 10.9. The Morgan fingerprint density at radius 2 is 1.71 bits per heavy atom. The summed E-state index contributed by atoms with van der Waals surface area (Å²) in [6, 6.07) is 12.8. The Labute approximate surface area is 180 Å². The third kappa shape index (κ3) is 4.70. The maximum Gasteiger partial charge on any atom is 0.387 e. The lowest BCUT2D eigenvalue weighted by atomic mass is 9.77. The van der Waals surface area contributed by atoms with Gasteiger partial charge in [0.1, 0.15) is 5.82 Å². The molecule has 0 aromatic heterocycles. The van der Waals surface area contributed by atoms with Crippen LogP contribution in [0, 0.1) is 17.6 Å². The number of rotatable bonds is 6. The van der Waals surface area contributed by atoms with Gasteiger partial charge in [-0.1, -0.05) is 56.2 Å². The van der Waals surface area contributed by atoms with E-state index in [2.05, 4.69) is 17.7 Å². The van der Waals surface area contributed by atoms with Crippen molar-refractivity contribution in [2.45, 2.75) is 58.0 Å². The number of ether oxygens (including phenoxy) is 1. The minimum absolute atomic E-state index is 0.225. The van der Waals surface area contributed by atoms with E-state index >= 15 is 4.39 Å². The van der Waals surface area contributed by atoms with Gasteiger partial charge >= 0.3 is 6.61 Å². The molecule has 4 rings (SSSR count). The van der Waals surface area contributed by atoms with Gasteiger partial charge in [0.05, 0.1) is 0 Å². The highest BCUT2D eigenvalue weighted by Crippen LogP contribution is 2.39. The normalized spacial score (nSPS) is 19.2. The van der Waals surface area contributed by atoms with Gasteiger partial charge in [-0.2, -0.15) is 8.78 Å². The average Bonchev–Trinajstić information content (AvgIpc) is 2.76. The molecule has 0 bridgehead atoms. The molecule has 0 aliphatic heterocycles. The Morgan fingerprint density at radius 1 is 0.935 bits per heavy atom. The summed E-state index contributed by atoms with van der Waals surface area (Å²) in [6.45, 7) is -0.883. The molecule has 1 saturated carbocycles. The van der Waals surface area contributed by atoms with E-state index in [9.17, 15) is 13.2 Å². The second kappa shape index (κ2) is 9.29. The number of hydrogen-bond donors (Lipinski definition) is 0. The lowest BCUT2D eigenvalue weighted by Gasteiger charge is -2.28. The molecule has 5 heteroatoms. The Kier molecular flexibility index (Phi) is 6.49. The lowest BCUT2D eigenvalue weighted by molar-refractivity contribution is -0.0521. The highest BCUT2D eigenvalue weighted by molar-refractivity contribution is 5.89. The quantitative estimate of drug-likeness (QED) is 0.356. The molecule has 1 fully saturated rings. The van der Waals surface area contributed by atoms with Gasteiger partial charge in [-0.3, -0.25) is 0 Å². The highest BCUT2D eigenvalue weighted by Gasteiger charge is 2.22. The fraction of sp³-hybridized carbons (Fsp3) is 0.385. The Morgan fingerprint density at radius 3 is 2.39 bits per heavy atom. The standard InChI is InChI=1S/C26H26F4O/c1-2-3-16-4-6-17(7-5-16)18-8-11-21-19(14-18)9-12-22(25(21)28)20-10-13-24(23(27)15-20)31-26(29)30/h8-17,26H,2-7H2,1H3/t16-,17-. The van der Waals surface area contributed by atoms with Crippen LogP contribution in [0.15, 0.2) is 48.5 Å². The minimum Gasteiger partial charge on any atom is -0.432 e. The van der Waals surface area contributed by atoms with Crippen LogP contribution in [0.5, 0.6) is 5.75 Å². The van der Waals surface area contributed by atoms with Gasteiger partial charge in [0.15, 0.2) is 11.6 Å². The smallest absolute Gasteiger partial charge is 0.387 e. The molecule has 3 aromatic carbocycles. The molecule has 0 N–H and O–H groups in total. The van der Waals surface area contributed by atoms with Gasteiger partial charge in [0, 0.05) is 10.9 Å². The molecule has 0 radical (unpaired) electrons. The van der Waals surface area contributed by atoms with Crippen LogP contribution in [0.2, 0.25) is 0 Å². The molecular formula is C26H26F4O. The second-order valence-electron chi connectivity index (χ2n) is 8.44. The predicted octanol–water partition coefficient (Wildman–Crippen LogP) is 8.46. The van der Waals surface area contributed by atoms with Gasteiger partial charge in [0.25, 0.3) is 0 Å². The molecule has 0 amide bonds. The van der Waals surface area contributed by atoms with Crippen molar-refractivity contribution in [1.29, 1.82) is 0 Å². The molecule has 31 heavy (non-hydrogen) atoms. The molecule has 0 saturated heterocycles. The Hall–Kier alpha value is -2.56. The first-order chi connectivity index (χ1) is 15.0. The first-order valence-electron chi connectivity index (χ1n) is 10.9. The Balaban J connectivity index is 1.59. The van der Waals surface area contributed by atoms with Crippen molar-refractivity contribution < 1.29 is 22.3 Å². The summed E-state index contributed by atoms with van der Waals surface area (Å²) in [7, 11) is 0. The third-order valence-electron chi connectivity index (χ3n) is 6.45. The van der Waals surface area contributed by atoms with Crippen LogP contribution in [0.25, 0.3) is 21.9 Å². The number of fused-ring (bicyclic) bond motifs is 1. The minimum atomic E-state index is -3.12. The zero-order valence-corrected chi connectivity index (χ0v) is 17.5. The van der Waals surface area contributed by atoms with Crippen molar-refractivity contribution in [1.82, 2.24) is 0 Å². The van der Waals surface area contributed by atoms with E-state index in [1.807, 2.05) is 12.1 Å². The maximum absolute atomic E-state index is 15.2. The van der Waals surface area contributed by atoms with E-state index in [4.69, 9.17) is 0 Å². The van der Waals surface area contributed by atoms with Crippen LogP contribution in [-0.2, 0) is 0 Å². The summed E-state index contributed by atoms with van der Waals surface area (Å²) >= 11 is 0. The predicted molar refractivity (Wildman–Crippen MR) is 116 cm³/mol. The zero-order valence-electron chi connectivity index (χ0n) is 17.5. The number of halogens is 4. The van der Waals surface area contributed by atoms with Crippen LogP contribution >= 0.6 is 0 Å². The molecule has 0 spiro atoms. The van der Waals surface area contributed by atoms with Crippen LogP contribution in [0.3, 0.4) is 0 Å². The molecule has 1 aliphatic carbocycles. The van der Waals surface area contributed by atoms with Crippen molar-refractivity contribution in [2.24, 2.45) is 5.92 Å². The molecule has 0 atom stereocenters. The van der Waals surface area contributed by atoms with Crippen molar-refractivity contribution in [2.75, 3.05) is 0 Å². The van der Waals surface area contributed by atoms with Crippen LogP contribution < -0.4 is 4.74 Å². The average molecular weight is 430 g/mol. The third-order valence-corrected chi connectivity index (χ3v) is 6.45. The fourth-order valence-electron chi connectivity index (χ4n) is 4.84. The topological polar surface area (TPSA) is 9.23 Å². The van der Waals surface area contributed by atoms with Crippen LogP contribution in [-0.4, -0.2) is 6.61 Å². The Bertz CT molecular complexity index is 1050. The van der Waals surface area contributed by atoms with Gasteiger partial charge < -0.3 is 4.74 Å². The molecule has 0 heterocycles. The van der Waals surface area contributed by atoms with E-state index in [0.717, 1.165) is 23.4 Å². The highest BCUT2D eigenvalue weighted by atomic mass is 19.3. The number of alkyl halides is 2. The van der Waals surface area contributed by atoms with Gasteiger partial charge in [-0.15, -0.1) is 0 Å². The molecule has 0 unspecified atom stereocenters. The molecule has 1 nitrogen and oxygen atoms in total. The largest absolute Gasteiger partial charge is 0.432 e. The first kappa shape index (κ1) is 21.7. The van der Waals surface area contributed by atoms with Gasteiger partial charge in [-0.05, 0) is 66.2 Å². The van der Waals surface area contributed by atoms with Crippen LogP contribution in [0.1, 0.15) is 56.9 Å². The molecular weight excluding hydrogens is 404 g/mol. The van der Waals surface area contributed by atoms with E-state index in [0.29, 0.717) is 11.3 Å². The van der Waals surface area contributed by atoms with Crippen molar-refractivity contribution >= 4 is 10.8 Å². The number of hydrogen-bond acceptors (Lipinski definition) is 1. The second-order valence-corrected chi connectivity index (χ2v) is 8.44. The molecule has 164 valence electrons. The van der Waals surface area contributed by atoms with E-state index < -0.39 is 24.0 Å². The summed E-state index contributed by atoms with van der Waals surface area (Å²) in [5, 5.41) is 1.28. The zero-order chi connectivity index (χ0) is 22.0. The molecule has 1 aliphatic rings. The van der Waals surface area contributed by atoms with Crippen molar-refractivity contribution in [3.8, 4) is 16.9 Å². The van der Waals surface area contributed by atoms with E-state index in [-0.39, 0.29) is 11.1 Å². The summed E-state index contributed by atoms with van der Waals surface area (Å²) < 4.78 is 58.1. The summed E-state index contributed by atoms with van der Waals surface area (Å²) in [4.78, 5) is 0. The lowest BCUT2D eigenvalue weighted by Crippen LogP contribution is -2.13. The summed E-state index contributed by atoms with van der Waals surface area (Å²) in [5.41, 5.74) is 1.74. The van der Waals surface area contributed by atoms with Crippen LogP contribution in [0.4, 0.5) is 17.6 Å². The SMILES string of the molecule is CCC[C@H]1CC[C@H](c2ccc3c(F)c(-c4ccc(OC(F)F)c(F)c4)ccc3c2)CC1. The summed E-state index contributed by atoms with van der Waals surface area (Å²) in [6.07, 6.45) is 7.38. The van der Waals surface area contributed by atoms with Gasteiger partial charge in [-0.25, -0.2) is 8.78 Å². The summed E-state index contributed by atoms with van der Waals surface area (Å²) in [5.74, 6) is -0.612. The van der Waals surface area contributed by atoms with Gasteiger partial charge in [0.2, 0.25) is 0 Å². The van der Waals surface area contributed by atoms with Crippen molar-refractivity contribution in [3.05, 3.63) is 65.7 Å². The maximum atomic E-state index is 15.2.